The second kappa shape index (κ2) is 3.46. The summed E-state index contributed by atoms with van der Waals surface area (Å²) in [5, 5.41) is 0. The van der Waals surface area contributed by atoms with Crippen LogP contribution in [-0.2, 0) is 0 Å². The molecule has 0 fully saturated rings. The largest absolute Gasteiger partial charge is 0.336 e. The third-order valence-electron chi connectivity index (χ3n) is 2.72. The van der Waals surface area contributed by atoms with Crippen molar-refractivity contribution in [3.05, 3.63) is 67.7 Å². The zero-order chi connectivity index (χ0) is 10.1. The predicted octanol–water partition coefficient (Wildman–Crippen LogP) is 2.06. The van der Waals surface area contributed by atoms with Gasteiger partial charge in [-0.2, -0.15) is 0 Å². The maximum Gasteiger partial charge on any atom is 0.209 e. The van der Waals surface area contributed by atoms with Crippen LogP contribution in [0.15, 0.2) is 61.0 Å². The smallest absolute Gasteiger partial charge is 0.209 e. The topological polar surface area (TPSA) is 6.48 Å². The quantitative estimate of drug-likeness (QED) is 0.667. The molecule has 15 heavy (non-hydrogen) atoms. The summed E-state index contributed by atoms with van der Waals surface area (Å²) in [7, 11) is 0. The minimum absolute atomic E-state index is 0.334. The van der Waals surface area contributed by atoms with Crippen molar-refractivity contribution in [3.63, 3.8) is 0 Å². The molecule has 0 atom stereocenters. The summed E-state index contributed by atoms with van der Waals surface area (Å²) in [4.78, 5) is 4.17. The molecule has 2 aliphatic carbocycles. The summed E-state index contributed by atoms with van der Waals surface area (Å²) >= 11 is 0. The van der Waals surface area contributed by atoms with Crippen molar-refractivity contribution < 1.29 is 0 Å². The summed E-state index contributed by atoms with van der Waals surface area (Å²) in [6.45, 7) is 3.33. The maximum atomic E-state index is 3.33. The van der Waals surface area contributed by atoms with Crippen molar-refractivity contribution in [2.24, 2.45) is 0 Å². The standard InChI is InChI=1S/C13H12N2/c1-2-6-12(5-1)14-9-10-15(11-14)13-7-3-4-8-13/h1-10,12-13H. The fourth-order valence-corrected chi connectivity index (χ4v) is 1.89. The number of nitrogens with zero attached hydrogens (tertiary/aromatic N) is 2. The molecule has 2 nitrogen and oxygen atoms in total. The first-order chi connectivity index (χ1) is 7.43. The molecular weight excluding hydrogens is 184 g/mol. The Balaban J connectivity index is 1.66. The molecule has 1 heterocycles. The van der Waals surface area contributed by atoms with Crippen LogP contribution >= 0.6 is 0 Å². The molecule has 0 bridgehead atoms. The summed E-state index contributed by atoms with van der Waals surface area (Å²) in [5.74, 6) is 0. The average molecular weight is 196 g/mol. The molecule has 0 amide bonds. The highest BCUT2D eigenvalue weighted by molar-refractivity contribution is 5.27. The van der Waals surface area contributed by atoms with Gasteiger partial charge >= 0.3 is 0 Å². The van der Waals surface area contributed by atoms with Gasteiger partial charge in [0, 0.05) is 12.4 Å². The van der Waals surface area contributed by atoms with E-state index in [1.165, 1.54) is 0 Å². The van der Waals surface area contributed by atoms with Crippen molar-refractivity contribution in [2.45, 2.75) is 12.1 Å². The number of hydrogen-bond donors (Lipinski definition) is 0. The average Bonchev–Trinajstić information content (AvgIpc) is 3.02. The van der Waals surface area contributed by atoms with Gasteiger partial charge < -0.3 is 9.80 Å². The van der Waals surface area contributed by atoms with Gasteiger partial charge in [-0.15, -0.1) is 0 Å². The minimum Gasteiger partial charge on any atom is -0.336 e. The second-order valence-electron chi connectivity index (χ2n) is 3.73. The lowest BCUT2D eigenvalue weighted by Gasteiger charge is -2.24. The lowest BCUT2D eigenvalue weighted by atomic mass is 10.3. The third kappa shape index (κ3) is 1.52. The maximum absolute atomic E-state index is 3.33. The van der Waals surface area contributed by atoms with Gasteiger partial charge in [-0.3, -0.25) is 0 Å². The molecule has 0 unspecified atom stereocenters. The Kier molecular flexibility index (Phi) is 1.98. The first kappa shape index (κ1) is 8.60. The van der Waals surface area contributed by atoms with Crippen LogP contribution in [0.25, 0.3) is 0 Å². The normalized spacial score (nSPS) is 24.3. The van der Waals surface area contributed by atoms with Gasteiger partial charge in [-0.25, -0.2) is 0 Å². The van der Waals surface area contributed by atoms with Crippen LogP contribution in [-0.4, -0.2) is 21.9 Å². The van der Waals surface area contributed by atoms with E-state index in [2.05, 4.69) is 77.5 Å². The first-order valence-electron chi connectivity index (χ1n) is 5.15. The molecule has 0 aromatic heterocycles. The minimum atomic E-state index is 0.334. The van der Waals surface area contributed by atoms with Crippen molar-refractivity contribution in [3.8, 4) is 0 Å². The van der Waals surface area contributed by atoms with Crippen LogP contribution in [0.3, 0.4) is 0 Å². The van der Waals surface area contributed by atoms with Crippen LogP contribution < -0.4 is 0 Å². The van der Waals surface area contributed by atoms with Gasteiger partial charge in [0.2, 0.25) is 6.67 Å². The van der Waals surface area contributed by atoms with E-state index in [0.717, 1.165) is 0 Å². The van der Waals surface area contributed by atoms with Crippen LogP contribution in [0, 0.1) is 6.67 Å². The van der Waals surface area contributed by atoms with Crippen LogP contribution in [0.1, 0.15) is 0 Å². The predicted molar refractivity (Wildman–Crippen MR) is 60.2 cm³/mol. The van der Waals surface area contributed by atoms with E-state index in [-0.39, 0.29) is 0 Å². The molecule has 0 spiro atoms. The highest BCUT2D eigenvalue weighted by atomic mass is 15.4. The van der Waals surface area contributed by atoms with Crippen molar-refractivity contribution in [1.29, 1.82) is 0 Å². The van der Waals surface area contributed by atoms with E-state index < -0.39 is 0 Å². The molecule has 0 aromatic rings. The summed E-state index contributed by atoms with van der Waals surface area (Å²) < 4.78 is 0. The highest BCUT2D eigenvalue weighted by Crippen LogP contribution is 2.23. The van der Waals surface area contributed by atoms with E-state index in [0.29, 0.717) is 12.1 Å². The van der Waals surface area contributed by atoms with Crippen molar-refractivity contribution >= 4 is 0 Å². The third-order valence-corrected chi connectivity index (χ3v) is 2.72. The fraction of sp³-hybridized carbons (Fsp3) is 0.154. The molecular formula is C13H12N2. The fourth-order valence-electron chi connectivity index (χ4n) is 1.89. The van der Waals surface area contributed by atoms with E-state index in [9.17, 15) is 0 Å². The lowest BCUT2D eigenvalue weighted by Crippen LogP contribution is -2.29. The molecule has 1 aliphatic heterocycles. The van der Waals surface area contributed by atoms with Gasteiger partial charge in [-0.05, 0) is 0 Å². The molecule has 3 rings (SSSR count). The Morgan fingerprint density at radius 1 is 0.667 bits per heavy atom. The molecule has 0 saturated heterocycles. The number of allylic oxidation sites excluding steroid dienone is 4. The van der Waals surface area contributed by atoms with E-state index in [1.54, 1.807) is 0 Å². The molecule has 3 aliphatic rings. The molecule has 0 N–H and O–H groups in total. The monoisotopic (exact) mass is 196 g/mol. The molecule has 2 heteroatoms. The van der Waals surface area contributed by atoms with Crippen molar-refractivity contribution in [1.82, 2.24) is 9.80 Å². The Labute approximate surface area is 90.2 Å². The van der Waals surface area contributed by atoms with Gasteiger partial charge in [0.15, 0.2) is 0 Å². The van der Waals surface area contributed by atoms with Gasteiger partial charge in [0.25, 0.3) is 0 Å². The molecule has 74 valence electrons. The molecule has 0 aromatic carbocycles. The number of hydrogen-bond acceptors (Lipinski definition) is 2. The summed E-state index contributed by atoms with van der Waals surface area (Å²) in [5.41, 5.74) is 0. The van der Waals surface area contributed by atoms with Crippen LogP contribution in [0.4, 0.5) is 0 Å². The summed E-state index contributed by atoms with van der Waals surface area (Å²) in [6, 6.07) is 0.668. The molecule has 2 radical (unpaired) electrons. The Bertz CT molecular complexity index is 327. The van der Waals surface area contributed by atoms with Gasteiger partial charge in [0.1, 0.15) is 0 Å². The summed E-state index contributed by atoms with van der Waals surface area (Å²) in [6.07, 6.45) is 21.0. The second-order valence-corrected chi connectivity index (χ2v) is 3.73. The van der Waals surface area contributed by atoms with E-state index in [1.807, 2.05) is 0 Å². The number of rotatable bonds is 2. The first-order valence-corrected chi connectivity index (χ1v) is 5.15. The highest BCUT2D eigenvalue weighted by Gasteiger charge is 2.24. The Morgan fingerprint density at radius 3 is 1.47 bits per heavy atom. The Hall–Kier alpha value is -1.70. The van der Waals surface area contributed by atoms with E-state index >= 15 is 0 Å². The zero-order valence-electron chi connectivity index (χ0n) is 8.32. The van der Waals surface area contributed by atoms with Crippen LogP contribution in [0.2, 0.25) is 0 Å². The van der Waals surface area contributed by atoms with E-state index in [4.69, 9.17) is 0 Å². The van der Waals surface area contributed by atoms with Crippen LogP contribution in [0.5, 0.6) is 0 Å². The van der Waals surface area contributed by atoms with Gasteiger partial charge in [0.05, 0.1) is 12.1 Å². The van der Waals surface area contributed by atoms with Gasteiger partial charge in [-0.1, -0.05) is 48.6 Å². The zero-order valence-corrected chi connectivity index (χ0v) is 8.32. The lowest BCUT2D eigenvalue weighted by molar-refractivity contribution is 0.327. The Morgan fingerprint density at radius 2 is 1.07 bits per heavy atom. The molecule has 0 saturated carbocycles. The SMILES string of the molecule is [C]1N(C2C=CC=C2)C=CN1C1C=CC=C1. The van der Waals surface area contributed by atoms with Crippen molar-refractivity contribution in [2.75, 3.05) is 0 Å².